The molecule has 0 fully saturated rings. The molecular formula is C8H13NOS. The minimum atomic E-state index is 0.0775. The van der Waals surface area contributed by atoms with Crippen LogP contribution in [-0.4, -0.2) is 13.7 Å². The molecular weight excluding hydrogens is 158 g/mol. The van der Waals surface area contributed by atoms with E-state index >= 15 is 0 Å². The molecule has 11 heavy (non-hydrogen) atoms. The van der Waals surface area contributed by atoms with Crippen molar-refractivity contribution in [3.05, 3.63) is 21.9 Å². The Hall–Kier alpha value is -0.380. The van der Waals surface area contributed by atoms with Gasteiger partial charge in [-0.2, -0.15) is 0 Å². The van der Waals surface area contributed by atoms with Crippen molar-refractivity contribution in [2.45, 2.75) is 13.0 Å². The third kappa shape index (κ3) is 2.02. The smallest absolute Gasteiger partial charge is 0.103 e. The van der Waals surface area contributed by atoms with Gasteiger partial charge >= 0.3 is 0 Å². The van der Waals surface area contributed by atoms with Gasteiger partial charge < -0.3 is 10.5 Å². The van der Waals surface area contributed by atoms with Crippen LogP contribution in [0.15, 0.2) is 12.1 Å². The monoisotopic (exact) mass is 171 g/mol. The topological polar surface area (TPSA) is 35.2 Å². The van der Waals surface area contributed by atoms with Gasteiger partial charge in [-0.1, -0.05) is 0 Å². The predicted octanol–water partition coefficient (Wildman–Crippen LogP) is 1.70. The van der Waals surface area contributed by atoms with Crippen molar-refractivity contribution < 1.29 is 4.74 Å². The van der Waals surface area contributed by atoms with E-state index in [2.05, 4.69) is 19.1 Å². The molecule has 0 amide bonds. The Morgan fingerprint density at radius 2 is 2.36 bits per heavy atom. The summed E-state index contributed by atoms with van der Waals surface area (Å²) in [4.78, 5) is 2.52. The highest BCUT2D eigenvalue weighted by Gasteiger charge is 2.08. The van der Waals surface area contributed by atoms with Gasteiger partial charge in [0.2, 0.25) is 0 Å². The van der Waals surface area contributed by atoms with E-state index in [1.165, 1.54) is 9.75 Å². The van der Waals surface area contributed by atoms with Crippen molar-refractivity contribution in [1.82, 2.24) is 0 Å². The summed E-state index contributed by atoms with van der Waals surface area (Å²) in [6.07, 6.45) is 0.0775. The maximum absolute atomic E-state index is 5.51. The molecule has 0 spiro atoms. The predicted molar refractivity (Wildman–Crippen MR) is 47.9 cm³/mol. The molecule has 1 heterocycles. The minimum Gasteiger partial charge on any atom is -0.375 e. The fourth-order valence-electron chi connectivity index (χ4n) is 0.955. The van der Waals surface area contributed by atoms with E-state index in [0.717, 1.165) is 0 Å². The minimum absolute atomic E-state index is 0.0775. The van der Waals surface area contributed by atoms with E-state index in [0.29, 0.717) is 6.54 Å². The van der Waals surface area contributed by atoms with Gasteiger partial charge in [-0.25, -0.2) is 0 Å². The maximum atomic E-state index is 5.51. The molecule has 2 N–H and O–H groups in total. The second-order valence-corrected chi connectivity index (χ2v) is 3.73. The molecule has 0 radical (unpaired) electrons. The van der Waals surface area contributed by atoms with E-state index in [1.54, 1.807) is 18.4 Å². The first kappa shape index (κ1) is 8.71. The van der Waals surface area contributed by atoms with Gasteiger partial charge in [0.15, 0.2) is 0 Å². The number of methoxy groups -OCH3 is 1. The summed E-state index contributed by atoms with van der Waals surface area (Å²) in [5.74, 6) is 0. The first-order chi connectivity index (χ1) is 5.27. The van der Waals surface area contributed by atoms with Crippen molar-refractivity contribution in [1.29, 1.82) is 0 Å². The van der Waals surface area contributed by atoms with Crippen LogP contribution in [0.1, 0.15) is 15.9 Å². The van der Waals surface area contributed by atoms with Gasteiger partial charge in [0.1, 0.15) is 6.10 Å². The van der Waals surface area contributed by atoms with Crippen LogP contribution in [0.2, 0.25) is 0 Å². The summed E-state index contributed by atoms with van der Waals surface area (Å²) in [6.45, 7) is 2.63. The van der Waals surface area contributed by atoms with Crippen molar-refractivity contribution in [3.8, 4) is 0 Å². The first-order valence-electron chi connectivity index (χ1n) is 3.57. The molecule has 3 heteroatoms. The normalized spacial score (nSPS) is 13.4. The standard InChI is InChI=1S/C8H13NOS/c1-6-3-4-8(11-6)7(5-9)10-2/h3-4,7H,5,9H2,1-2H3. The maximum Gasteiger partial charge on any atom is 0.103 e. The third-order valence-electron chi connectivity index (χ3n) is 1.58. The van der Waals surface area contributed by atoms with Crippen LogP contribution in [0.5, 0.6) is 0 Å². The summed E-state index contributed by atoms with van der Waals surface area (Å²) >= 11 is 1.74. The van der Waals surface area contributed by atoms with Gasteiger partial charge in [-0.15, -0.1) is 11.3 Å². The summed E-state index contributed by atoms with van der Waals surface area (Å²) in [5, 5.41) is 0. The summed E-state index contributed by atoms with van der Waals surface area (Å²) in [7, 11) is 1.69. The number of hydrogen-bond donors (Lipinski definition) is 1. The van der Waals surface area contributed by atoms with Gasteiger partial charge in [0.05, 0.1) is 0 Å². The zero-order valence-electron chi connectivity index (χ0n) is 6.83. The van der Waals surface area contributed by atoms with Crippen LogP contribution in [0, 0.1) is 6.92 Å². The highest BCUT2D eigenvalue weighted by Crippen LogP contribution is 2.23. The van der Waals surface area contributed by atoms with E-state index in [9.17, 15) is 0 Å². The lowest BCUT2D eigenvalue weighted by atomic mass is 10.3. The molecule has 1 unspecified atom stereocenters. The number of ether oxygens (including phenoxy) is 1. The Balaban J connectivity index is 2.73. The zero-order chi connectivity index (χ0) is 8.27. The Labute approximate surface area is 71.0 Å². The van der Waals surface area contributed by atoms with Crippen LogP contribution in [0.4, 0.5) is 0 Å². The van der Waals surface area contributed by atoms with Gasteiger partial charge in [-0.3, -0.25) is 0 Å². The molecule has 1 aromatic heterocycles. The molecule has 0 saturated heterocycles. The third-order valence-corrected chi connectivity index (χ3v) is 2.67. The second kappa shape index (κ2) is 3.85. The Bertz CT molecular complexity index is 218. The average Bonchev–Trinajstić information content (AvgIpc) is 2.39. The summed E-state index contributed by atoms with van der Waals surface area (Å²) in [5.41, 5.74) is 5.51. The number of rotatable bonds is 3. The van der Waals surface area contributed by atoms with Crippen molar-refractivity contribution in [3.63, 3.8) is 0 Å². The van der Waals surface area contributed by atoms with E-state index in [4.69, 9.17) is 10.5 Å². The molecule has 0 bridgehead atoms. The Morgan fingerprint density at radius 3 is 2.73 bits per heavy atom. The average molecular weight is 171 g/mol. The summed E-state index contributed by atoms with van der Waals surface area (Å²) in [6, 6.07) is 4.16. The molecule has 1 atom stereocenters. The van der Waals surface area contributed by atoms with Gasteiger partial charge in [0, 0.05) is 23.4 Å². The molecule has 0 aliphatic rings. The fourth-order valence-corrected chi connectivity index (χ4v) is 1.92. The summed E-state index contributed by atoms with van der Waals surface area (Å²) < 4.78 is 5.18. The second-order valence-electron chi connectivity index (χ2n) is 2.41. The van der Waals surface area contributed by atoms with Crippen LogP contribution in [0.3, 0.4) is 0 Å². The van der Waals surface area contributed by atoms with Gasteiger partial charge in [-0.05, 0) is 19.1 Å². The van der Waals surface area contributed by atoms with Crippen LogP contribution in [0.25, 0.3) is 0 Å². The lowest BCUT2D eigenvalue weighted by molar-refractivity contribution is 0.113. The quantitative estimate of drug-likeness (QED) is 0.751. The highest BCUT2D eigenvalue weighted by molar-refractivity contribution is 7.12. The molecule has 0 aliphatic heterocycles. The van der Waals surface area contributed by atoms with Crippen LogP contribution in [-0.2, 0) is 4.74 Å². The van der Waals surface area contributed by atoms with Crippen LogP contribution >= 0.6 is 11.3 Å². The number of thiophene rings is 1. The SMILES string of the molecule is COC(CN)c1ccc(C)s1. The Morgan fingerprint density at radius 1 is 1.64 bits per heavy atom. The molecule has 0 saturated carbocycles. The van der Waals surface area contributed by atoms with Crippen LogP contribution < -0.4 is 5.73 Å². The first-order valence-corrected chi connectivity index (χ1v) is 4.38. The Kier molecular flexibility index (Phi) is 3.05. The highest BCUT2D eigenvalue weighted by atomic mass is 32.1. The number of nitrogens with two attached hydrogens (primary N) is 1. The number of aryl methyl sites for hydroxylation is 1. The van der Waals surface area contributed by atoms with Crippen molar-refractivity contribution in [2.24, 2.45) is 5.73 Å². The fraction of sp³-hybridized carbons (Fsp3) is 0.500. The lowest BCUT2D eigenvalue weighted by Gasteiger charge is -2.09. The van der Waals surface area contributed by atoms with E-state index in [1.807, 2.05) is 0 Å². The molecule has 62 valence electrons. The van der Waals surface area contributed by atoms with E-state index < -0.39 is 0 Å². The zero-order valence-corrected chi connectivity index (χ0v) is 7.65. The number of hydrogen-bond acceptors (Lipinski definition) is 3. The van der Waals surface area contributed by atoms with Crippen molar-refractivity contribution >= 4 is 11.3 Å². The molecule has 0 aromatic carbocycles. The lowest BCUT2D eigenvalue weighted by Crippen LogP contribution is -2.12. The van der Waals surface area contributed by atoms with E-state index in [-0.39, 0.29) is 6.10 Å². The molecule has 1 aromatic rings. The van der Waals surface area contributed by atoms with Gasteiger partial charge in [0.25, 0.3) is 0 Å². The largest absolute Gasteiger partial charge is 0.375 e. The molecule has 1 rings (SSSR count). The molecule has 2 nitrogen and oxygen atoms in total. The van der Waals surface area contributed by atoms with Crippen molar-refractivity contribution in [2.75, 3.05) is 13.7 Å². The molecule has 0 aliphatic carbocycles.